The predicted octanol–water partition coefficient (Wildman–Crippen LogP) is 0.184. The minimum Gasteiger partial charge on any atom is -0.349 e. The first-order valence-electron chi connectivity index (χ1n) is 6.57. The van der Waals surface area contributed by atoms with Gasteiger partial charge in [0.25, 0.3) is 0 Å². The standard InChI is InChI=1S/C12H26N4O2S/c1-15(2)12(16(3)4)13-9-10-7-6-8-11(10)14-19(5,17)18/h10-11,14H,6-9H2,1-5H3. The van der Waals surface area contributed by atoms with Gasteiger partial charge in [0, 0.05) is 40.8 Å². The minimum atomic E-state index is -3.13. The summed E-state index contributed by atoms with van der Waals surface area (Å²) in [5.74, 6) is 1.20. The number of hydrogen-bond acceptors (Lipinski definition) is 3. The van der Waals surface area contributed by atoms with Gasteiger partial charge in [-0.3, -0.25) is 4.99 Å². The molecule has 0 aliphatic heterocycles. The van der Waals surface area contributed by atoms with Crippen LogP contribution in [0.2, 0.25) is 0 Å². The van der Waals surface area contributed by atoms with E-state index < -0.39 is 10.0 Å². The van der Waals surface area contributed by atoms with Crippen LogP contribution in [0, 0.1) is 5.92 Å². The number of nitrogens with one attached hydrogen (secondary N) is 1. The molecule has 1 N–H and O–H groups in total. The van der Waals surface area contributed by atoms with Gasteiger partial charge in [0.2, 0.25) is 10.0 Å². The Hall–Kier alpha value is -0.820. The summed E-state index contributed by atoms with van der Waals surface area (Å²) in [5, 5.41) is 0. The van der Waals surface area contributed by atoms with Crippen molar-refractivity contribution in [1.29, 1.82) is 0 Å². The van der Waals surface area contributed by atoms with Crippen molar-refractivity contribution in [2.75, 3.05) is 41.0 Å². The molecule has 112 valence electrons. The Labute approximate surface area is 116 Å². The molecule has 0 saturated heterocycles. The fourth-order valence-electron chi connectivity index (χ4n) is 2.57. The average molecular weight is 290 g/mol. The Morgan fingerprint density at radius 1 is 1.21 bits per heavy atom. The van der Waals surface area contributed by atoms with Gasteiger partial charge in [0.15, 0.2) is 5.96 Å². The van der Waals surface area contributed by atoms with Crippen LogP contribution in [-0.2, 0) is 10.0 Å². The third kappa shape index (κ3) is 5.36. The van der Waals surface area contributed by atoms with E-state index in [9.17, 15) is 8.42 Å². The van der Waals surface area contributed by atoms with Crippen molar-refractivity contribution in [2.24, 2.45) is 10.9 Å². The molecule has 0 radical (unpaired) electrons. The van der Waals surface area contributed by atoms with Gasteiger partial charge in [0.05, 0.1) is 6.26 Å². The lowest BCUT2D eigenvalue weighted by molar-refractivity contribution is 0.437. The van der Waals surface area contributed by atoms with E-state index in [0.717, 1.165) is 25.2 Å². The quantitative estimate of drug-likeness (QED) is 0.593. The number of hydrogen-bond donors (Lipinski definition) is 1. The van der Waals surface area contributed by atoms with Crippen molar-refractivity contribution in [3.8, 4) is 0 Å². The minimum absolute atomic E-state index is 0.0318. The molecule has 7 heteroatoms. The van der Waals surface area contributed by atoms with Crippen molar-refractivity contribution in [1.82, 2.24) is 14.5 Å². The first-order valence-corrected chi connectivity index (χ1v) is 8.46. The molecule has 1 rings (SSSR count). The molecule has 0 amide bonds. The topological polar surface area (TPSA) is 65.0 Å². The van der Waals surface area contributed by atoms with Gasteiger partial charge in [-0.1, -0.05) is 6.42 Å². The summed E-state index contributed by atoms with van der Waals surface area (Å²) < 4.78 is 25.4. The van der Waals surface area contributed by atoms with Gasteiger partial charge < -0.3 is 9.80 Å². The summed E-state index contributed by atoms with van der Waals surface area (Å²) >= 11 is 0. The van der Waals surface area contributed by atoms with E-state index in [1.165, 1.54) is 6.26 Å². The molecular formula is C12H26N4O2S. The highest BCUT2D eigenvalue weighted by Gasteiger charge is 2.29. The maximum atomic E-state index is 11.3. The van der Waals surface area contributed by atoms with Crippen LogP contribution in [0.25, 0.3) is 0 Å². The molecule has 2 atom stereocenters. The van der Waals surface area contributed by atoms with Crippen molar-refractivity contribution < 1.29 is 8.42 Å². The maximum absolute atomic E-state index is 11.3. The molecule has 0 aromatic rings. The fourth-order valence-corrected chi connectivity index (χ4v) is 3.43. The van der Waals surface area contributed by atoms with Gasteiger partial charge in [0.1, 0.15) is 0 Å². The molecule has 1 aliphatic rings. The van der Waals surface area contributed by atoms with Crippen molar-refractivity contribution >= 4 is 16.0 Å². The molecule has 19 heavy (non-hydrogen) atoms. The summed E-state index contributed by atoms with van der Waals surface area (Å²) in [4.78, 5) is 8.55. The van der Waals surface area contributed by atoms with Gasteiger partial charge in [-0.2, -0.15) is 0 Å². The molecular weight excluding hydrogens is 264 g/mol. The van der Waals surface area contributed by atoms with Crippen LogP contribution in [-0.4, -0.2) is 71.2 Å². The van der Waals surface area contributed by atoms with Crippen LogP contribution in [0.5, 0.6) is 0 Å². The first-order chi connectivity index (χ1) is 8.70. The molecule has 0 aromatic heterocycles. The van der Waals surface area contributed by atoms with Gasteiger partial charge in [-0.25, -0.2) is 13.1 Å². The molecule has 0 aromatic carbocycles. The van der Waals surface area contributed by atoms with Crippen LogP contribution in [0.1, 0.15) is 19.3 Å². The van der Waals surface area contributed by atoms with Gasteiger partial charge >= 0.3 is 0 Å². The van der Waals surface area contributed by atoms with Crippen molar-refractivity contribution in [3.63, 3.8) is 0 Å². The Morgan fingerprint density at radius 3 is 2.26 bits per heavy atom. The van der Waals surface area contributed by atoms with Crippen molar-refractivity contribution in [3.05, 3.63) is 0 Å². The zero-order valence-electron chi connectivity index (χ0n) is 12.5. The highest BCUT2D eigenvalue weighted by molar-refractivity contribution is 7.88. The summed E-state index contributed by atoms with van der Waals surface area (Å²) in [7, 11) is 4.70. The molecule has 0 spiro atoms. The number of sulfonamides is 1. The van der Waals surface area contributed by atoms with Crippen LogP contribution in [0.3, 0.4) is 0 Å². The largest absolute Gasteiger partial charge is 0.349 e. The number of nitrogens with zero attached hydrogens (tertiary/aromatic N) is 3. The monoisotopic (exact) mass is 290 g/mol. The van der Waals surface area contributed by atoms with Crippen molar-refractivity contribution in [2.45, 2.75) is 25.3 Å². The second-order valence-corrected chi connectivity index (χ2v) is 7.40. The predicted molar refractivity (Wildman–Crippen MR) is 78.8 cm³/mol. The Kier molecular flexibility index (Phi) is 5.61. The summed E-state index contributed by atoms with van der Waals surface area (Å²) in [5.41, 5.74) is 0. The molecule has 2 unspecified atom stereocenters. The van der Waals surface area contributed by atoms with Crippen LogP contribution >= 0.6 is 0 Å². The third-order valence-electron chi connectivity index (χ3n) is 3.29. The van der Waals surface area contributed by atoms with Crippen LogP contribution in [0.4, 0.5) is 0 Å². The Balaban J connectivity index is 2.67. The smallest absolute Gasteiger partial charge is 0.208 e. The summed E-state index contributed by atoms with van der Waals surface area (Å²) in [6, 6.07) is 0.0318. The van der Waals surface area contributed by atoms with Gasteiger partial charge in [-0.15, -0.1) is 0 Å². The molecule has 0 heterocycles. The normalized spacial score (nSPS) is 23.2. The fraction of sp³-hybridized carbons (Fsp3) is 0.917. The number of rotatable bonds is 4. The average Bonchev–Trinajstić information content (AvgIpc) is 2.62. The maximum Gasteiger partial charge on any atom is 0.208 e. The molecule has 0 bridgehead atoms. The summed E-state index contributed by atoms with van der Waals surface area (Å²) in [6.07, 6.45) is 4.22. The molecule has 1 aliphatic carbocycles. The second kappa shape index (κ2) is 6.56. The number of aliphatic imine (C=N–C) groups is 1. The van der Waals surface area contributed by atoms with E-state index >= 15 is 0 Å². The SMILES string of the molecule is CN(C)C(=NCC1CCCC1NS(C)(=O)=O)N(C)C. The molecule has 6 nitrogen and oxygen atoms in total. The second-order valence-electron chi connectivity index (χ2n) is 5.62. The van der Waals surface area contributed by atoms with E-state index in [4.69, 9.17) is 0 Å². The van der Waals surface area contributed by atoms with E-state index in [1.807, 2.05) is 38.0 Å². The zero-order chi connectivity index (χ0) is 14.6. The highest BCUT2D eigenvalue weighted by atomic mass is 32.2. The van der Waals surface area contributed by atoms with Crippen LogP contribution < -0.4 is 4.72 Å². The summed E-state index contributed by atoms with van der Waals surface area (Å²) in [6.45, 7) is 0.666. The van der Waals surface area contributed by atoms with Gasteiger partial charge in [-0.05, 0) is 18.8 Å². The van der Waals surface area contributed by atoms with E-state index in [2.05, 4.69) is 9.71 Å². The lowest BCUT2D eigenvalue weighted by atomic mass is 10.1. The van der Waals surface area contributed by atoms with E-state index in [1.54, 1.807) is 0 Å². The number of guanidine groups is 1. The zero-order valence-corrected chi connectivity index (χ0v) is 13.4. The highest BCUT2D eigenvalue weighted by Crippen LogP contribution is 2.26. The molecule has 1 fully saturated rings. The lowest BCUT2D eigenvalue weighted by Gasteiger charge is -2.24. The Morgan fingerprint density at radius 2 is 1.79 bits per heavy atom. The molecule has 1 saturated carbocycles. The van der Waals surface area contributed by atoms with E-state index in [-0.39, 0.29) is 6.04 Å². The first kappa shape index (κ1) is 16.2. The lowest BCUT2D eigenvalue weighted by Crippen LogP contribution is -2.39. The van der Waals surface area contributed by atoms with E-state index in [0.29, 0.717) is 12.5 Å². The third-order valence-corrected chi connectivity index (χ3v) is 4.02. The van der Waals surface area contributed by atoms with Crippen LogP contribution in [0.15, 0.2) is 4.99 Å². The Bertz CT molecular complexity index is 407.